The normalized spacial score (nSPS) is 23.8. The Balaban J connectivity index is 1.51. The predicted molar refractivity (Wildman–Crippen MR) is 86.1 cm³/mol. The Kier molecular flexibility index (Phi) is 4.03. The van der Waals surface area contributed by atoms with Crippen LogP contribution in [0, 0.1) is 11.6 Å². The first kappa shape index (κ1) is 16.2. The lowest BCUT2D eigenvalue weighted by molar-refractivity contribution is 0.0918. The molecule has 1 saturated heterocycles. The van der Waals surface area contributed by atoms with Crippen molar-refractivity contribution in [1.82, 2.24) is 15.4 Å². The van der Waals surface area contributed by atoms with Crippen molar-refractivity contribution in [3.05, 3.63) is 52.9 Å². The van der Waals surface area contributed by atoms with Gasteiger partial charge in [-0.25, -0.2) is 8.78 Å². The van der Waals surface area contributed by atoms with Crippen LogP contribution in [0.3, 0.4) is 0 Å². The number of nitrogens with zero attached hydrogens (tertiary/aromatic N) is 2. The third-order valence-electron chi connectivity index (χ3n) is 4.99. The van der Waals surface area contributed by atoms with E-state index in [9.17, 15) is 13.6 Å². The van der Waals surface area contributed by atoms with Crippen LogP contribution in [-0.2, 0) is 0 Å². The van der Waals surface area contributed by atoms with Crippen LogP contribution in [0.1, 0.15) is 53.0 Å². The second kappa shape index (κ2) is 6.22. The minimum Gasteiger partial charge on any atom is -0.360 e. The van der Waals surface area contributed by atoms with Crippen molar-refractivity contribution in [2.75, 3.05) is 13.6 Å². The minimum atomic E-state index is -0.881. The molecule has 5 nitrogen and oxygen atoms in total. The first-order valence-electron chi connectivity index (χ1n) is 8.45. The van der Waals surface area contributed by atoms with Gasteiger partial charge in [0, 0.05) is 18.5 Å². The van der Waals surface area contributed by atoms with Gasteiger partial charge in [0.05, 0.1) is 12.1 Å². The van der Waals surface area contributed by atoms with Crippen molar-refractivity contribution in [3.63, 3.8) is 0 Å². The minimum absolute atomic E-state index is 0.205. The summed E-state index contributed by atoms with van der Waals surface area (Å²) in [5, 5.41) is 6.81. The van der Waals surface area contributed by atoms with E-state index in [1.165, 1.54) is 6.07 Å². The van der Waals surface area contributed by atoms with Crippen molar-refractivity contribution < 1.29 is 18.1 Å². The molecule has 1 amide bonds. The third kappa shape index (κ3) is 3.16. The van der Waals surface area contributed by atoms with Crippen molar-refractivity contribution in [2.45, 2.75) is 37.3 Å². The molecule has 25 heavy (non-hydrogen) atoms. The zero-order valence-electron chi connectivity index (χ0n) is 13.8. The number of benzene rings is 1. The summed E-state index contributed by atoms with van der Waals surface area (Å²) >= 11 is 0. The van der Waals surface area contributed by atoms with E-state index in [2.05, 4.69) is 10.5 Å². The van der Waals surface area contributed by atoms with E-state index >= 15 is 0 Å². The summed E-state index contributed by atoms with van der Waals surface area (Å²) < 4.78 is 32.0. The Hall–Kier alpha value is -2.28. The Morgan fingerprint density at radius 1 is 1.24 bits per heavy atom. The van der Waals surface area contributed by atoms with Gasteiger partial charge in [0.1, 0.15) is 5.76 Å². The number of carbonyl (C=O) groups excluding carboxylic acids is 1. The second-order valence-electron chi connectivity index (χ2n) is 6.86. The van der Waals surface area contributed by atoms with Crippen LogP contribution in [0.2, 0.25) is 0 Å². The highest BCUT2D eigenvalue weighted by molar-refractivity contribution is 5.92. The Morgan fingerprint density at radius 2 is 2.04 bits per heavy atom. The molecule has 1 aliphatic heterocycles. The van der Waals surface area contributed by atoms with E-state index < -0.39 is 11.6 Å². The van der Waals surface area contributed by atoms with Gasteiger partial charge in [0.2, 0.25) is 0 Å². The van der Waals surface area contributed by atoms with Gasteiger partial charge in [-0.3, -0.25) is 9.69 Å². The fourth-order valence-corrected chi connectivity index (χ4v) is 3.48. The summed E-state index contributed by atoms with van der Waals surface area (Å²) in [6, 6.07) is 5.15. The number of likely N-dealkylation sites (N-methyl/N-ethyl adjacent to an activating group) is 1. The first-order valence-corrected chi connectivity index (χ1v) is 8.45. The van der Waals surface area contributed by atoms with Crippen LogP contribution in [0.25, 0.3) is 0 Å². The molecule has 0 bridgehead atoms. The molecule has 1 aromatic heterocycles. The molecule has 0 radical (unpaired) electrons. The van der Waals surface area contributed by atoms with Crippen LogP contribution in [0.5, 0.6) is 0 Å². The number of aromatic nitrogens is 1. The second-order valence-corrected chi connectivity index (χ2v) is 6.86. The molecule has 2 unspecified atom stereocenters. The fourth-order valence-electron chi connectivity index (χ4n) is 3.48. The molecule has 132 valence electrons. The molecule has 1 aliphatic carbocycles. The van der Waals surface area contributed by atoms with Crippen molar-refractivity contribution in [3.8, 4) is 0 Å². The maximum absolute atomic E-state index is 13.6. The number of hydrogen-bond acceptors (Lipinski definition) is 4. The van der Waals surface area contributed by atoms with Crippen LogP contribution >= 0.6 is 0 Å². The van der Waals surface area contributed by atoms with E-state index in [-0.39, 0.29) is 23.7 Å². The molecule has 1 N–H and O–H groups in total. The Bertz CT molecular complexity index is 803. The Morgan fingerprint density at radius 3 is 2.76 bits per heavy atom. The van der Waals surface area contributed by atoms with Gasteiger partial charge < -0.3 is 9.84 Å². The SMILES string of the molecule is CN1CCC(NC(=O)c2cc(C3CC3)on2)C1c1ccc(F)c(F)c1. The zero-order valence-corrected chi connectivity index (χ0v) is 13.8. The van der Waals surface area contributed by atoms with Gasteiger partial charge in [-0.05, 0) is 44.0 Å². The van der Waals surface area contributed by atoms with Gasteiger partial charge in [0.15, 0.2) is 17.3 Å². The third-order valence-corrected chi connectivity index (χ3v) is 4.99. The lowest BCUT2D eigenvalue weighted by Crippen LogP contribution is -2.39. The van der Waals surface area contributed by atoms with Crippen LogP contribution < -0.4 is 5.32 Å². The standard InChI is InChI=1S/C18H19F2N3O2/c1-23-7-6-14(17(23)11-4-5-12(19)13(20)8-11)21-18(24)15-9-16(25-22-15)10-2-3-10/h4-5,8-10,14,17H,2-3,6-7H2,1H3,(H,21,24). The molecule has 2 atom stereocenters. The monoisotopic (exact) mass is 347 g/mol. The first-order chi connectivity index (χ1) is 12.0. The van der Waals surface area contributed by atoms with Crippen molar-refractivity contribution in [2.24, 2.45) is 0 Å². The molecule has 0 spiro atoms. The van der Waals surface area contributed by atoms with Crippen LogP contribution in [0.4, 0.5) is 8.78 Å². The topological polar surface area (TPSA) is 58.4 Å². The summed E-state index contributed by atoms with van der Waals surface area (Å²) in [6.07, 6.45) is 2.86. The van der Waals surface area contributed by atoms with Gasteiger partial charge in [0.25, 0.3) is 5.91 Å². The largest absolute Gasteiger partial charge is 0.360 e. The van der Waals surface area contributed by atoms with Crippen LogP contribution in [0.15, 0.2) is 28.8 Å². The molecule has 4 rings (SSSR count). The lowest BCUT2D eigenvalue weighted by atomic mass is 9.99. The summed E-state index contributed by atoms with van der Waals surface area (Å²) in [5.74, 6) is -0.912. The molecular formula is C18H19F2N3O2. The van der Waals surface area contributed by atoms with Gasteiger partial charge in [-0.15, -0.1) is 0 Å². The number of rotatable bonds is 4. The quantitative estimate of drug-likeness (QED) is 0.924. The molecule has 7 heteroatoms. The number of hydrogen-bond donors (Lipinski definition) is 1. The van der Waals surface area contributed by atoms with Crippen LogP contribution in [-0.4, -0.2) is 35.6 Å². The van der Waals surface area contributed by atoms with Gasteiger partial charge in [-0.1, -0.05) is 11.2 Å². The number of carbonyl (C=O) groups is 1. The zero-order chi connectivity index (χ0) is 17.6. The Labute approximate surface area is 144 Å². The number of amides is 1. The number of likely N-dealkylation sites (tertiary alicyclic amines) is 1. The molecular weight excluding hydrogens is 328 g/mol. The molecule has 1 saturated carbocycles. The number of nitrogens with one attached hydrogen (secondary N) is 1. The summed E-state index contributed by atoms with van der Waals surface area (Å²) in [7, 11) is 1.90. The van der Waals surface area contributed by atoms with Crippen molar-refractivity contribution >= 4 is 5.91 Å². The maximum atomic E-state index is 13.6. The maximum Gasteiger partial charge on any atom is 0.273 e. The summed E-state index contributed by atoms with van der Waals surface area (Å²) in [5.41, 5.74) is 0.906. The molecule has 1 aromatic carbocycles. The highest BCUT2D eigenvalue weighted by atomic mass is 19.2. The smallest absolute Gasteiger partial charge is 0.273 e. The lowest BCUT2D eigenvalue weighted by Gasteiger charge is -2.26. The van der Waals surface area contributed by atoms with E-state index in [1.54, 1.807) is 12.1 Å². The predicted octanol–water partition coefficient (Wildman–Crippen LogP) is 3.01. The van der Waals surface area contributed by atoms with Gasteiger partial charge in [-0.2, -0.15) is 0 Å². The van der Waals surface area contributed by atoms with Gasteiger partial charge >= 0.3 is 0 Å². The highest BCUT2D eigenvalue weighted by Crippen LogP contribution is 2.40. The highest BCUT2D eigenvalue weighted by Gasteiger charge is 2.35. The summed E-state index contributed by atoms with van der Waals surface area (Å²) in [6.45, 7) is 0.751. The van der Waals surface area contributed by atoms with E-state index in [1.807, 2.05) is 11.9 Å². The molecule has 2 heterocycles. The van der Waals surface area contributed by atoms with E-state index in [0.29, 0.717) is 11.5 Å². The molecule has 2 fully saturated rings. The average Bonchev–Trinajstić information content (AvgIpc) is 3.20. The van der Waals surface area contributed by atoms with Crippen molar-refractivity contribution in [1.29, 1.82) is 0 Å². The van der Waals surface area contributed by atoms with E-state index in [4.69, 9.17) is 4.52 Å². The number of halogens is 2. The summed E-state index contributed by atoms with van der Waals surface area (Å²) in [4.78, 5) is 14.5. The van der Waals surface area contributed by atoms with E-state index in [0.717, 1.165) is 37.6 Å². The fraction of sp³-hybridized carbons (Fsp3) is 0.444. The molecule has 2 aliphatic rings. The average molecular weight is 347 g/mol. The molecule has 2 aromatic rings.